The van der Waals surface area contributed by atoms with E-state index in [9.17, 15) is 9.59 Å². The minimum absolute atomic E-state index is 0.198. The number of esters is 1. The van der Waals surface area contributed by atoms with Crippen LogP contribution in [-0.2, 0) is 16.0 Å². The summed E-state index contributed by atoms with van der Waals surface area (Å²) in [5, 5.41) is 1.77. The van der Waals surface area contributed by atoms with E-state index in [1.807, 2.05) is 30.5 Å². The first-order valence-electron chi connectivity index (χ1n) is 7.73. The number of aromatic amines is 1. The summed E-state index contributed by atoms with van der Waals surface area (Å²) in [7, 11) is 0. The van der Waals surface area contributed by atoms with Crippen molar-refractivity contribution in [1.29, 1.82) is 0 Å². The third-order valence-corrected chi connectivity index (χ3v) is 4.42. The Morgan fingerprint density at radius 2 is 1.88 bits per heavy atom. The van der Waals surface area contributed by atoms with Gasteiger partial charge in [0.2, 0.25) is 5.78 Å². The maximum absolute atomic E-state index is 12.1. The van der Waals surface area contributed by atoms with Gasteiger partial charge < -0.3 is 9.72 Å². The predicted octanol–water partition coefficient (Wildman–Crippen LogP) is 4.83. The Labute approximate surface area is 154 Å². The molecule has 2 aromatic carbocycles. The summed E-state index contributed by atoms with van der Waals surface area (Å²) in [6, 6.07) is 12.4. The summed E-state index contributed by atoms with van der Waals surface area (Å²) in [5.74, 6) is -0.786. The molecule has 0 saturated heterocycles. The molecule has 0 aliphatic rings. The number of halogens is 2. The highest BCUT2D eigenvalue weighted by atomic mass is 35.5. The predicted molar refractivity (Wildman–Crippen MR) is 98.4 cm³/mol. The van der Waals surface area contributed by atoms with Crippen LogP contribution in [0.4, 0.5) is 0 Å². The van der Waals surface area contributed by atoms with Crippen molar-refractivity contribution in [2.75, 3.05) is 6.61 Å². The molecule has 0 aliphatic carbocycles. The number of hydrogen-bond donors (Lipinski definition) is 1. The summed E-state index contributed by atoms with van der Waals surface area (Å²) in [4.78, 5) is 27.2. The van der Waals surface area contributed by atoms with Crippen LogP contribution in [0.3, 0.4) is 0 Å². The monoisotopic (exact) mass is 375 g/mol. The van der Waals surface area contributed by atoms with Gasteiger partial charge in [0.25, 0.3) is 0 Å². The van der Waals surface area contributed by atoms with Crippen molar-refractivity contribution in [3.05, 3.63) is 69.8 Å². The van der Waals surface area contributed by atoms with Crippen molar-refractivity contribution in [1.82, 2.24) is 4.98 Å². The van der Waals surface area contributed by atoms with Gasteiger partial charge in [-0.1, -0.05) is 41.4 Å². The van der Waals surface area contributed by atoms with E-state index in [2.05, 4.69) is 4.98 Å². The molecular formula is C19H15Cl2NO3. The van der Waals surface area contributed by atoms with E-state index in [-0.39, 0.29) is 29.4 Å². The normalized spacial score (nSPS) is 10.8. The average molecular weight is 376 g/mol. The fourth-order valence-corrected chi connectivity index (χ4v) is 3.10. The highest BCUT2D eigenvalue weighted by molar-refractivity contribution is 6.36. The molecule has 128 valence electrons. The highest BCUT2D eigenvalue weighted by Gasteiger charge is 2.14. The molecule has 0 fully saturated rings. The highest BCUT2D eigenvalue weighted by Crippen LogP contribution is 2.22. The molecule has 0 amide bonds. The van der Waals surface area contributed by atoms with Crippen molar-refractivity contribution in [2.45, 2.75) is 12.8 Å². The number of ketones is 1. The van der Waals surface area contributed by atoms with Gasteiger partial charge in [-0.2, -0.15) is 0 Å². The average Bonchev–Trinajstić information content (AvgIpc) is 3.01. The van der Waals surface area contributed by atoms with Gasteiger partial charge in [0.05, 0.1) is 5.02 Å². The lowest BCUT2D eigenvalue weighted by atomic mass is 10.1. The molecule has 25 heavy (non-hydrogen) atoms. The van der Waals surface area contributed by atoms with Crippen LogP contribution in [0.25, 0.3) is 10.9 Å². The Hall–Kier alpha value is -2.30. The molecule has 0 bridgehead atoms. The molecule has 6 heteroatoms. The largest absolute Gasteiger partial charge is 0.457 e. The molecule has 3 aromatic rings. The smallest absolute Gasteiger partial charge is 0.306 e. The number of fused-ring (bicyclic) bond motifs is 1. The van der Waals surface area contributed by atoms with Crippen molar-refractivity contribution in [3.8, 4) is 0 Å². The number of H-pyrrole nitrogens is 1. The minimum Gasteiger partial charge on any atom is -0.457 e. The first-order chi connectivity index (χ1) is 12.0. The third-order valence-electron chi connectivity index (χ3n) is 3.87. The van der Waals surface area contributed by atoms with Crippen LogP contribution in [0.15, 0.2) is 48.7 Å². The van der Waals surface area contributed by atoms with Crippen LogP contribution in [0, 0.1) is 0 Å². The number of carbonyl (C=O) groups is 2. The number of rotatable bonds is 6. The number of Topliss-reactive ketones (excluding diaryl/α,β-unsaturated/α-hetero) is 1. The van der Waals surface area contributed by atoms with E-state index in [0.29, 0.717) is 11.4 Å². The molecule has 0 atom stereocenters. The number of nitrogens with one attached hydrogen (secondary N) is 1. The van der Waals surface area contributed by atoms with Gasteiger partial charge in [0.15, 0.2) is 6.61 Å². The Morgan fingerprint density at radius 3 is 2.68 bits per heavy atom. The topological polar surface area (TPSA) is 59.2 Å². The van der Waals surface area contributed by atoms with Crippen LogP contribution in [-0.4, -0.2) is 23.3 Å². The van der Waals surface area contributed by atoms with E-state index in [4.69, 9.17) is 27.9 Å². The molecular weight excluding hydrogens is 361 g/mol. The molecule has 0 saturated carbocycles. The zero-order chi connectivity index (χ0) is 17.8. The van der Waals surface area contributed by atoms with Crippen LogP contribution < -0.4 is 0 Å². The Morgan fingerprint density at radius 1 is 1.08 bits per heavy atom. The molecule has 0 radical (unpaired) electrons. The number of hydrogen-bond acceptors (Lipinski definition) is 3. The maximum Gasteiger partial charge on any atom is 0.306 e. The molecule has 0 spiro atoms. The third kappa shape index (κ3) is 4.21. The molecule has 1 N–H and O–H groups in total. The SMILES string of the molecule is O=C(CCc1c[nH]c2ccccc12)OCC(=O)c1ccc(Cl)cc1Cl. The minimum atomic E-state index is -0.427. The lowest BCUT2D eigenvalue weighted by Gasteiger charge is -2.06. The first-order valence-corrected chi connectivity index (χ1v) is 8.49. The van der Waals surface area contributed by atoms with E-state index < -0.39 is 5.97 Å². The van der Waals surface area contributed by atoms with Gasteiger partial charge in [-0.3, -0.25) is 9.59 Å². The lowest BCUT2D eigenvalue weighted by Crippen LogP contribution is -2.14. The lowest BCUT2D eigenvalue weighted by molar-refractivity contribution is -0.142. The van der Waals surface area contributed by atoms with E-state index in [0.717, 1.165) is 16.5 Å². The molecule has 0 aliphatic heterocycles. The fourth-order valence-electron chi connectivity index (χ4n) is 2.59. The van der Waals surface area contributed by atoms with Gasteiger partial charge >= 0.3 is 5.97 Å². The Bertz CT molecular complexity index is 933. The maximum atomic E-state index is 12.1. The zero-order valence-electron chi connectivity index (χ0n) is 13.2. The summed E-state index contributed by atoms with van der Waals surface area (Å²) in [6.07, 6.45) is 2.62. The van der Waals surface area contributed by atoms with Crippen molar-refractivity contribution in [2.24, 2.45) is 0 Å². The number of carbonyl (C=O) groups excluding carboxylic acids is 2. The van der Waals surface area contributed by atoms with E-state index in [1.165, 1.54) is 12.1 Å². The van der Waals surface area contributed by atoms with Crippen molar-refractivity contribution < 1.29 is 14.3 Å². The second-order valence-corrected chi connectivity index (χ2v) is 6.41. The van der Waals surface area contributed by atoms with E-state index >= 15 is 0 Å². The summed E-state index contributed by atoms with van der Waals surface area (Å²) < 4.78 is 5.06. The first kappa shape index (κ1) is 17.5. The van der Waals surface area contributed by atoms with Gasteiger partial charge in [-0.15, -0.1) is 0 Å². The molecule has 1 aromatic heterocycles. The van der Waals surface area contributed by atoms with Crippen molar-refractivity contribution >= 4 is 45.9 Å². The number of benzene rings is 2. The summed E-state index contributed by atoms with van der Waals surface area (Å²) in [6.45, 7) is -0.339. The second-order valence-electron chi connectivity index (χ2n) is 5.57. The van der Waals surface area contributed by atoms with Crippen LogP contribution in [0.1, 0.15) is 22.3 Å². The van der Waals surface area contributed by atoms with Gasteiger partial charge in [0.1, 0.15) is 0 Å². The molecule has 0 unspecified atom stereocenters. The number of para-hydroxylation sites is 1. The fraction of sp³-hybridized carbons (Fsp3) is 0.158. The second kappa shape index (κ2) is 7.72. The Kier molecular flexibility index (Phi) is 5.41. The molecule has 1 heterocycles. The van der Waals surface area contributed by atoms with Crippen LogP contribution in [0.2, 0.25) is 10.0 Å². The number of aryl methyl sites for hydroxylation is 1. The Balaban J connectivity index is 1.53. The zero-order valence-corrected chi connectivity index (χ0v) is 14.7. The van der Waals surface area contributed by atoms with Gasteiger partial charge in [0, 0.05) is 34.1 Å². The van der Waals surface area contributed by atoms with Gasteiger partial charge in [-0.05, 0) is 36.2 Å². The van der Waals surface area contributed by atoms with Crippen LogP contribution in [0.5, 0.6) is 0 Å². The summed E-state index contributed by atoms with van der Waals surface area (Å²) in [5.41, 5.74) is 2.36. The quantitative estimate of drug-likeness (QED) is 0.495. The van der Waals surface area contributed by atoms with Crippen LogP contribution >= 0.6 is 23.2 Å². The standard InChI is InChI=1S/C19H15Cl2NO3/c20-13-6-7-15(16(21)9-13)18(23)11-25-19(24)8-5-12-10-22-17-4-2-1-3-14(12)17/h1-4,6-7,9-10,22H,5,8,11H2. The number of ether oxygens (including phenoxy) is 1. The molecule has 4 nitrogen and oxygen atoms in total. The number of aromatic nitrogens is 1. The molecule has 3 rings (SSSR count). The van der Waals surface area contributed by atoms with Crippen molar-refractivity contribution in [3.63, 3.8) is 0 Å². The van der Waals surface area contributed by atoms with E-state index in [1.54, 1.807) is 6.07 Å². The summed E-state index contributed by atoms with van der Waals surface area (Å²) >= 11 is 11.8. The van der Waals surface area contributed by atoms with Gasteiger partial charge in [-0.25, -0.2) is 0 Å².